The molecule has 32 heavy (non-hydrogen) atoms. The van der Waals surface area contributed by atoms with Gasteiger partial charge in [-0.25, -0.2) is 0 Å². The zero-order chi connectivity index (χ0) is 22.5. The van der Waals surface area contributed by atoms with Crippen molar-refractivity contribution in [3.05, 3.63) is 89.3 Å². The van der Waals surface area contributed by atoms with Crippen molar-refractivity contribution in [3.63, 3.8) is 0 Å². The number of hydrogen-bond acceptors (Lipinski definition) is 4. The Morgan fingerprint density at radius 2 is 1.69 bits per heavy atom. The van der Waals surface area contributed by atoms with Crippen LogP contribution in [0, 0.1) is 26.8 Å². The zero-order valence-electron chi connectivity index (χ0n) is 18.8. The molecule has 0 fully saturated rings. The molecule has 4 rings (SSSR count). The Balaban J connectivity index is 0.000000398. The van der Waals surface area contributed by atoms with Gasteiger partial charge < -0.3 is 14.5 Å². The zero-order valence-corrected chi connectivity index (χ0v) is 21.2. The molecule has 2 aromatic carbocycles. The van der Waals surface area contributed by atoms with Crippen LogP contribution in [0.2, 0.25) is 0 Å². The van der Waals surface area contributed by atoms with Crippen LogP contribution in [0.4, 0.5) is 0 Å². The third kappa shape index (κ3) is 6.74. The fraction of sp³-hybridized carbons (Fsp3) is 0.185. The Bertz CT molecular complexity index is 1230. The van der Waals surface area contributed by atoms with Gasteiger partial charge in [-0.15, -0.1) is 34.9 Å². The van der Waals surface area contributed by atoms with Gasteiger partial charge in [0, 0.05) is 43.3 Å². The molecule has 0 aliphatic carbocycles. The number of aliphatic hydroxyl groups is 1. The molecule has 4 aromatic rings. The first-order chi connectivity index (χ1) is 14.7. The number of fused-ring (bicyclic) bond motifs is 1. The summed E-state index contributed by atoms with van der Waals surface area (Å²) < 4.78 is 6.06. The molecule has 4 nitrogen and oxygen atoms in total. The summed E-state index contributed by atoms with van der Waals surface area (Å²) in [4.78, 5) is 14.6. The number of pyridine rings is 1. The van der Waals surface area contributed by atoms with Crippen LogP contribution in [0.1, 0.15) is 30.5 Å². The second-order valence-corrected chi connectivity index (χ2v) is 7.73. The minimum Gasteiger partial charge on any atom is -0.512 e. The van der Waals surface area contributed by atoms with Gasteiger partial charge in [0.25, 0.3) is 0 Å². The first-order valence-corrected chi connectivity index (χ1v) is 10.1. The van der Waals surface area contributed by atoms with Crippen LogP contribution in [0.25, 0.3) is 33.6 Å². The molecule has 0 atom stereocenters. The van der Waals surface area contributed by atoms with E-state index in [2.05, 4.69) is 68.2 Å². The van der Waals surface area contributed by atoms with E-state index in [4.69, 9.17) is 9.52 Å². The van der Waals surface area contributed by atoms with E-state index in [1.165, 1.54) is 31.1 Å². The van der Waals surface area contributed by atoms with Crippen molar-refractivity contribution in [3.8, 4) is 22.6 Å². The molecule has 0 amide bonds. The van der Waals surface area contributed by atoms with E-state index in [-0.39, 0.29) is 31.6 Å². The van der Waals surface area contributed by atoms with E-state index in [1.54, 1.807) is 0 Å². The standard InChI is InChI=1S/C22H18NO.C5H8O2.Ir/c1-14-4-6-17(7-5-14)21-11-19-13-23-20(12-22(19)24-21)18-9-15(2)8-16(3)10-18;1-4(6)3-5(2)7;/h4-9,11-13H,1-3H3;3,6H,1-2H3;/q-1;;/b;4-3-;. The van der Waals surface area contributed by atoms with Crippen LogP contribution in [0.3, 0.4) is 0 Å². The number of furan rings is 1. The van der Waals surface area contributed by atoms with Crippen LogP contribution in [0.15, 0.2) is 71.0 Å². The van der Waals surface area contributed by atoms with Crippen LogP contribution < -0.4 is 0 Å². The predicted molar refractivity (Wildman–Crippen MR) is 125 cm³/mol. The fourth-order valence-corrected chi connectivity index (χ4v) is 3.27. The molecular weight excluding hydrogens is 579 g/mol. The quantitative estimate of drug-likeness (QED) is 0.157. The average molecular weight is 605 g/mol. The number of aromatic nitrogens is 1. The minimum absolute atomic E-state index is 0. The summed E-state index contributed by atoms with van der Waals surface area (Å²) in [5.74, 6) is 0.806. The Kier molecular flexibility index (Phi) is 8.71. The number of nitrogens with zero attached hydrogens (tertiary/aromatic N) is 1. The summed E-state index contributed by atoms with van der Waals surface area (Å²) in [6, 6.07) is 20.0. The fourth-order valence-electron chi connectivity index (χ4n) is 3.27. The SMILES string of the molecule is CC(=O)/C=C(/C)O.Cc1[c-]c(-c2cc3oc(-c4ccc(C)cc4)cc3cn2)cc(C)c1.[Ir]. The van der Waals surface area contributed by atoms with Gasteiger partial charge >= 0.3 is 0 Å². The number of aliphatic hydroxyl groups excluding tert-OH is 1. The van der Waals surface area contributed by atoms with Crippen molar-refractivity contribution < 1.29 is 34.4 Å². The third-order valence-corrected chi connectivity index (χ3v) is 4.57. The van der Waals surface area contributed by atoms with Gasteiger partial charge in [-0.1, -0.05) is 43.7 Å². The third-order valence-electron chi connectivity index (χ3n) is 4.57. The van der Waals surface area contributed by atoms with E-state index in [1.807, 2.05) is 18.3 Å². The molecule has 1 radical (unpaired) electrons. The van der Waals surface area contributed by atoms with Gasteiger partial charge in [-0.2, -0.15) is 0 Å². The number of benzene rings is 2. The summed E-state index contributed by atoms with van der Waals surface area (Å²) in [6.07, 6.45) is 3.04. The molecule has 167 valence electrons. The van der Waals surface area contributed by atoms with Crippen molar-refractivity contribution in [1.29, 1.82) is 0 Å². The monoisotopic (exact) mass is 605 g/mol. The number of aryl methyl sites for hydroxylation is 3. The summed E-state index contributed by atoms with van der Waals surface area (Å²) >= 11 is 0. The maximum absolute atomic E-state index is 10.0. The normalized spacial score (nSPS) is 10.8. The molecule has 2 heterocycles. The summed E-state index contributed by atoms with van der Waals surface area (Å²) in [7, 11) is 0. The van der Waals surface area contributed by atoms with E-state index < -0.39 is 0 Å². The van der Waals surface area contributed by atoms with Crippen molar-refractivity contribution in [2.45, 2.75) is 34.6 Å². The second-order valence-electron chi connectivity index (χ2n) is 7.73. The molecule has 1 N–H and O–H groups in total. The Labute approximate surface area is 202 Å². The molecule has 0 saturated carbocycles. The number of ketones is 1. The molecule has 0 bridgehead atoms. The van der Waals surface area contributed by atoms with Crippen LogP contribution in [-0.4, -0.2) is 15.9 Å². The van der Waals surface area contributed by atoms with E-state index in [9.17, 15) is 4.79 Å². The van der Waals surface area contributed by atoms with Gasteiger partial charge in [0.1, 0.15) is 11.3 Å². The van der Waals surface area contributed by atoms with Crippen molar-refractivity contribution in [2.24, 2.45) is 0 Å². The van der Waals surface area contributed by atoms with Crippen molar-refractivity contribution >= 4 is 16.8 Å². The topological polar surface area (TPSA) is 63.3 Å². The second kappa shape index (κ2) is 11.0. The number of carbonyl (C=O) groups is 1. The van der Waals surface area contributed by atoms with Crippen LogP contribution in [0.5, 0.6) is 0 Å². The van der Waals surface area contributed by atoms with E-state index >= 15 is 0 Å². The summed E-state index contributed by atoms with van der Waals surface area (Å²) in [6.45, 7) is 9.07. The van der Waals surface area contributed by atoms with Crippen molar-refractivity contribution in [1.82, 2.24) is 4.98 Å². The Morgan fingerprint density at radius 3 is 2.25 bits per heavy atom. The molecular formula is C27H26IrNO3-. The first kappa shape index (κ1) is 25.3. The van der Waals surface area contributed by atoms with E-state index in [0.29, 0.717) is 0 Å². The molecule has 0 unspecified atom stereocenters. The van der Waals surface area contributed by atoms with Gasteiger partial charge in [-0.05, 0) is 38.6 Å². The maximum atomic E-state index is 10.0. The number of hydrogen-bond donors (Lipinski definition) is 1. The molecule has 0 spiro atoms. The molecule has 0 saturated heterocycles. The predicted octanol–water partition coefficient (Wildman–Crippen LogP) is 6.92. The average Bonchev–Trinajstić information content (AvgIpc) is 3.10. The summed E-state index contributed by atoms with van der Waals surface area (Å²) in [5.41, 5.74) is 7.39. The minimum atomic E-state index is -0.125. The number of rotatable bonds is 3. The van der Waals surface area contributed by atoms with Gasteiger partial charge in [0.15, 0.2) is 5.78 Å². The number of allylic oxidation sites excluding steroid dienone is 2. The molecule has 0 aliphatic heterocycles. The largest absolute Gasteiger partial charge is 0.512 e. The number of carbonyl (C=O) groups excluding carboxylic acids is 1. The molecule has 0 aliphatic rings. The van der Waals surface area contributed by atoms with E-state index in [0.717, 1.165) is 39.1 Å². The molecule has 5 heteroatoms. The summed E-state index contributed by atoms with van der Waals surface area (Å²) in [5, 5.41) is 9.38. The maximum Gasteiger partial charge on any atom is 0.155 e. The van der Waals surface area contributed by atoms with Gasteiger partial charge in [0.2, 0.25) is 0 Å². The van der Waals surface area contributed by atoms with Gasteiger partial charge in [0.05, 0.1) is 5.76 Å². The Hall–Kier alpha value is -3.01. The molecule has 2 aromatic heterocycles. The van der Waals surface area contributed by atoms with Gasteiger partial charge in [-0.3, -0.25) is 4.79 Å². The van der Waals surface area contributed by atoms with Crippen LogP contribution in [-0.2, 0) is 24.9 Å². The van der Waals surface area contributed by atoms with Crippen molar-refractivity contribution in [2.75, 3.05) is 0 Å². The van der Waals surface area contributed by atoms with Crippen LogP contribution >= 0.6 is 0 Å². The smallest absolute Gasteiger partial charge is 0.155 e. The first-order valence-electron chi connectivity index (χ1n) is 10.1. The Morgan fingerprint density at radius 1 is 1.00 bits per heavy atom.